The molecule has 2 aliphatic rings. The van der Waals surface area contributed by atoms with E-state index in [0.29, 0.717) is 25.3 Å². The molecule has 1 aromatic heterocycles. The van der Waals surface area contributed by atoms with Crippen LogP contribution >= 0.6 is 11.8 Å². The van der Waals surface area contributed by atoms with Gasteiger partial charge in [0.2, 0.25) is 0 Å². The number of pyridine rings is 1. The van der Waals surface area contributed by atoms with Crippen LogP contribution in [0.2, 0.25) is 0 Å². The van der Waals surface area contributed by atoms with E-state index in [1.165, 1.54) is 24.3 Å². The molecule has 4 rings (SSSR count). The molecular weight excluding hydrogens is 427 g/mol. The number of amides is 3. The molecule has 0 radical (unpaired) electrons. The molecule has 5 nitrogen and oxygen atoms in total. The van der Waals surface area contributed by atoms with Crippen LogP contribution in [0, 0.1) is 5.92 Å². The molecule has 1 aromatic carbocycles. The average molecular weight is 449 g/mol. The maximum Gasteiger partial charge on any atom is 0.446 e. The molecule has 1 aliphatic heterocycles. The van der Waals surface area contributed by atoms with Crippen LogP contribution in [-0.2, 0) is 17.8 Å². The summed E-state index contributed by atoms with van der Waals surface area (Å²) in [5.41, 5.74) is -2.97. The summed E-state index contributed by atoms with van der Waals surface area (Å²) in [6, 6.07) is 6.77. The molecular formula is C22H22F3N3O2S. The largest absolute Gasteiger partial charge is 0.446 e. The maximum atomic E-state index is 13.3. The lowest BCUT2D eigenvalue weighted by atomic mass is 9.99. The number of aromatic nitrogens is 1. The Labute approximate surface area is 182 Å². The van der Waals surface area contributed by atoms with Gasteiger partial charge in [0.25, 0.3) is 5.91 Å². The molecule has 2 fully saturated rings. The molecule has 2 aromatic rings. The topological polar surface area (TPSA) is 53.5 Å². The fourth-order valence-electron chi connectivity index (χ4n) is 3.96. The number of hydrogen-bond donors (Lipinski definition) is 0. The average Bonchev–Trinajstić information content (AvgIpc) is 3.45. The molecule has 0 atom stereocenters. The number of thioether (sulfide) groups is 1. The number of urea groups is 1. The van der Waals surface area contributed by atoms with Crippen LogP contribution in [0.25, 0.3) is 0 Å². The first-order valence-corrected chi connectivity index (χ1v) is 10.9. The Bertz CT molecular complexity index is 1000. The molecule has 31 heavy (non-hydrogen) atoms. The lowest BCUT2D eigenvalue weighted by molar-refractivity contribution is -0.120. The molecule has 2 heterocycles. The second kappa shape index (κ2) is 7.85. The van der Waals surface area contributed by atoms with Gasteiger partial charge >= 0.3 is 11.5 Å². The van der Waals surface area contributed by atoms with Crippen molar-refractivity contribution in [3.8, 4) is 0 Å². The van der Waals surface area contributed by atoms with E-state index in [-0.39, 0.29) is 28.3 Å². The number of rotatable bonds is 6. The number of anilines is 1. The van der Waals surface area contributed by atoms with Crippen LogP contribution in [-0.4, -0.2) is 32.9 Å². The number of carbonyl (C=O) groups is 2. The highest BCUT2D eigenvalue weighted by Gasteiger charge is 2.65. The zero-order chi connectivity index (χ0) is 22.4. The Morgan fingerprint density at radius 3 is 2.35 bits per heavy atom. The van der Waals surface area contributed by atoms with Gasteiger partial charge in [-0.3, -0.25) is 9.78 Å². The number of imide groups is 1. The minimum absolute atomic E-state index is 0.00319. The molecule has 3 amide bonds. The molecule has 0 unspecified atom stereocenters. The molecule has 1 spiro atoms. The zero-order valence-electron chi connectivity index (χ0n) is 17.1. The van der Waals surface area contributed by atoms with Crippen molar-refractivity contribution in [3.63, 3.8) is 0 Å². The van der Waals surface area contributed by atoms with Crippen molar-refractivity contribution >= 4 is 29.4 Å². The summed E-state index contributed by atoms with van der Waals surface area (Å²) in [5.74, 6) is 0.103. The first kappa shape index (κ1) is 21.7. The highest BCUT2D eigenvalue weighted by Crippen LogP contribution is 2.50. The summed E-state index contributed by atoms with van der Waals surface area (Å²) in [4.78, 5) is 33.3. The molecule has 0 N–H and O–H groups in total. The Balaban J connectivity index is 1.59. The quantitative estimate of drug-likeness (QED) is 0.438. The molecule has 1 saturated carbocycles. The van der Waals surface area contributed by atoms with Crippen LogP contribution in [0.1, 0.15) is 37.8 Å². The smallest absolute Gasteiger partial charge is 0.305 e. The summed E-state index contributed by atoms with van der Waals surface area (Å²) in [5, 5.41) is 0. The molecule has 1 saturated heterocycles. The number of alkyl halides is 3. The van der Waals surface area contributed by atoms with Crippen molar-refractivity contribution in [1.29, 1.82) is 0 Å². The number of halogens is 3. The minimum atomic E-state index is -4.39. The number of hydrogen-bond acceptors (Lipinski definition) is 4. The van der Waals surface area contributed by atoms with Gasteiger partial charge in [0.15, 0.2) is 0 Å². The predicted molar refractivity (Wildman–Crippen MR) is 112 cm³/mol. The SMILES string of the molecule is CC(C)Cc1cnccc1CN1C(=O)N(c2ccc(SC(F)(F)F)cc2)C(=O)C12CC2. The third-order valence-corrected chi connectivity index (χ3v) is 6.29. The van der Waals surface area contributed by atoms with Crippen molar-refractivity contribution < 1.29 is 22.8 Å². The van der Waals surface area contributed by atoms with Crippen LogP contribution in [0.5, 0.6) is 0 Å². The Morgan fingerprint density at radius 1 is 1.10 bits per heavy atom. The highest BCUT2D eigenvalue weighted by molar-refractivity contribution is 8.00. The standard InChI is InChI=1S/C22H22F3N3O2S/c1-14(2)11-16-12-26-10-7-15(16)13-27-20(30)28(19(29)21(27)8-9-21)17-3-5-18(6-4-17)31-22(23,24)25/h3-7,10,12,14H,8-9,11,13H2,1-2H3. The Kier molecular flexibility index (Phi) is 5.49. The third kappa shape index (κ3) is 4.28. The van der Waals surface area contributed by atoms with Crippen LogP contribution in [0.4, 0.5) is 23.7 Å². The molecule has 164 valence electrons. The monoisotopic (exact) mass is 449 g/mol. The van der Waals surface area contributed by atoms with Gasteiger partial charge in [-0.1, -0.05) is 13.8 Å². The number of carbonyl (C=O) groups excluding carboxylic acids is 2. The summed E-state index contributed by atoms with van der Waals surface area (Å²) in [6.07, 6.45) is 5.46. The summed E-state index contributed by atoms with van der Waals surface area (Å²) in [6.45, 7) is 4.51. The van der Waals surface area contributed by atoms with E-state index in [1.54, 1.807) is 17.3 Å². The van der Waals surface area contributed by atoms with Crippen molar-refractivity contribution in [1.82, 2.24) is 9.88 Å². The van der Waals surface area contributed by atoms with Crippen molar-refractivity contribution in [3.05, 3.63) is 53.9 Å². The molecule has 9 heteroatoms. The summed E-state index contributed by atoms with van der Waals surface area (Å²) < 4.78 is 37.7. The zero-order valence-corrected chi connectivity index (χ0v) is 18.0. The number of nitrogens with zero attached hydrogens (tertiary/aromatic N) is 3. The minimum Gasteiger partial charge on any atom is -0.305 e. The normalized spacial score (nSPS) is 17.9. The van der Waals surface area contributed by atoms with Gasteiger partial charge in [-0.2, -0.15) is 13.2 Å². The molecule has 1 aliphatic carbocycles. The second-order valence-corrected chi connectivity index (χ2v) is 9.46. The van der Waals surface area contributed by atoms with E-state index in [9.17, 15) is 22.8 Å². The molecule has 0 bridgehead atoms. The second-order valence-electron chi connectivity index (χ2n) is 8.32. The first-order valence-electron chi connectivity index (χ1n) is 10.0. The van der Waals surface area contributed by atoms with E-state index in [4.69, 9.17) is 0 Å². The fraction of sp³-hybridized carbons (Fsp3) is 0.409. The summed E-state index contributed by atoms with van der Waals surface area (Å²) >= 11 is -0.230. The number of benzene rings is 1. The fourth-order valence-corrected chi connectivity index (χ4v) is 4.50. The van der Waals surface area contributed by atoms with E-state index < -0.39 is 17.1 Å². The van der Waals surface area contributed by atoms with E-state index in [1.807, 2.05) is 6.07 Å². The van der Waals surface area contributed by atoms with Gasteiger partial charge in [0, 0.05) is 23.8 Å². The Morgan fingerprint density at radius 2 is 1.77 bits per heavy atom. The lowest BCUT2D eigenvalue weighted by Crippen LogP contribution is -2.36. The van der Waals surface area contributed by atoms with Gasteiger partial charge in [-0.15, -0.1) is 0 Å². The lowest BCUT2D eigenvalue weighted by Gasteiger charge is -2.23. The van der Waals surface area contributed by atoms with Crippen LogP contribution in [0.3, 0.4) is 0 Å². The predicted octanol–water partition coefficient (Wildman–Crippen LogP) is 5.39. The van der Waals surface area contributed by atoms with Gasteiger partial charge in [0.05, 0.1) is 5.69 Å². The van der Waals surface area contributed by atoms with Crippen LogP contribution in [0.15, 0.2) is 47.6 Å². The van der Waals surface area contributed by atoms with E-state index >= 15 is 0 Å². The first-order chi connectivity index (χ1) is 14.6. The van der Waals surface area contributed by atoms with E-state index in [0.717, 1.165) is 22.4 Å². The van der Waals surface area contributed by atoms with Crippen molar-refractivity contribution in [2.24, 2.45) is 5.92 Å². The van der Waals surface area contributed by atoms with Gasteiger partial charge < -0.3 is 4.90 Å². The van der Waals surface area contributed by atoms with Gasteiger partial charge in [0.1, 0.15) is 5.54 Å². The Hall–Kier alpha value is -2.55. The van der Waals surface area contributed by atoms with Crippen LogP contribution < -0.4 is 4.90 Å². The van der Waals surface area contributed by atoms with Crippen molar-refractivity contribution in [2.45, 2.75) is 55.6 Å². The van der Waals surface area contributed by atoms with Gasteiger partial charge in [-0.05, 0) is 78.4 Å². The van der Waals surface area contributed by atoms with E-state index in [2.05, 4.69) is 18.8 Å². The maximum absolute atomic E-state index is 13.3. The third-order valence-electron chi connectivity index (χ3n) is 5.55. The van der Waals surface area contributed by atoms with Gasteiger partial charge in [-0.25, -0.2) is 9.69 Å². The highest BCUT2D eigenvalue weighted by atomic mass is 32.2. The summed E-state index contributed by atoms with van der Waals surface area (Å²) in [7, 11) is 0. The van der Waals surface area contributed by atoms with Crippen molar-refractivity contribution in [2.75, 3.05) is 4.90 Å².